The summed E-state index contributed by atoms with van der Waals surface area (Å²) in [6.45, 7) is 2.30. The van der Waals surface area contributed by atoms with Gasteiger partial charge in [-0.25, -0.2) is 4.98 Å². The SMILES string of the molecule is c1cc2ccc(N3CCCC3)nc2[nH]1. The van der Waals surface area contributed by atoms with Crippen LogP contribution in [0.3, 0.4) is 0 Å². The quantitative estimate of drug-likeness (QED) is 0.742. The van der Waals surface area contributed by atoms with E-state index in [1.165, 1.54) is 18.2 Å². The van der Waals surface area contributed by atoms with Crippen molar-refractivity contribution in [1.82, 2.24) is 9.97 Å². The number of rotatable bonds is 1. The van der Waals surface area contributed by atoms with Crippen LogP contribution in [0.25, 0.3) is 11.0 Å². The van der Waals surface area contributed by atoms with Crippen LogP contribution in [0.1, 0.15) is 12.8 Å². The molecular weight excluding hydrogens is 174 g/mol. The Morgan fingerprint density at radius 2 is 2.00 bits per heavy atom. The van der Waals surface area contributed by atoms with Crippen molar-refractivity contribution in [2.75, 3.05) is 18.0 Å². The molecule has 0 bridgehead atoms. The van der Waals surface area contributed by atoms with Crippen molar-refractivity contribution >= 4 is 16.9 Å². The third kappa shape index (κ3) is 1.16. The highest BCUT2D eigenvalue weighted by molar-refractivity contribution is 5.77. The molecule has 0 unspecified atom stereocenters. The average molecular weight is 187 g/mol. The van der Waals surface area contributed by atoms with E-state index in [0.29, 0.717) is 0 Å². The maximum atomic E-state index is 4.59. The Hall–Kier alpha value is -1.51. The molecule has 0 aromatic carbocycles. The van der Waals surface area contributed by atoms with E-state index in [1.807, 2.05) is 6.20 Å². The van der Waals surface area contributed by atoms with E-state index in [9.17, 15) is 0 Å². The zero-order valence-electron chi connectivity index (χ0n) is 8.03. The highest BCUT2D eigenvalue weighted by Crippen LogP contribution is 2.20. The monoisotopic (exact) mass is 187 g/mol. The highest BCUT2D eigenvalue weighted by Gasteiger charge is 2.13. The highest BCUT2D eigenvalue weighted by atomic mass is 15.2. The molecule has 14 heavy (non-hydrogen) atoms. The van der Waals surface area contributed by atoms with Crippen molar-refractivity contribution in [1.29, 1.82) is 0 Å². The second-order valence-corrected chi connectivity index (χ2v) is 3.78. The van der Waals surface area contributed by atoms with Crippen molar-refractivity contribution in [3.8, 4) is 0 Å². The van der Waals surface area contributed by atoms with Gasteiger partial charge in [0.15, 0.2) is 0 Å². The molecule has 3 heteroatoms. The van der Waals surface area contributed by atoms with Crippen LogP contribution in [-0.2, 0) is 0 Å². The van der Waals surface area contributed by atoms with E-state index < -0.39 is 0 Å². The van der Waals surface area contributed by atoms with Crippen molar-refractivity contribution in [2.45, 2.75) is 12.8 Å². The molecule has 0 radical (unpaired) electrons. The fourth-order valence-electron chi connectivity index (χ4n) is 2.04. The predicted octanol–water partition coefficient (Wildman–Crippen LogP) is 2.16. The second-order valence-electron chi connectivity index (χ2n) is 3.78. The number of aromatic nitrogens is 2. The molecule has 1 N–H and O–H groups in total. The van der Waals surface area contributed by atoms with Crippen LogP contribution in [0.15, 0.2) is 24.4 Å². The zero-order chi connectivity index (χ0) is 9.38. The van der Waals surface area contributed by atoms with Gasteiger partial charge in [0.05, 0.1) is 0 Å². The van der Waals surface area contributed by atoms with Gasteiger partial charge in [0.2, 0.25) is 0 Å². The van der Waals surface area contributed by atoms with E-state index in [4.69, 9.17) is 0 Å². The molecule has 1 saturated heterocycles. The fraction of sp³-hybridized carbons (Fsp3) is 0.364. The van der Waals surface area contributed by atoms with Crippen LogP contribution in [0.2, 0.25) is 0 Å². The molecule has 72 valence electrons. The molecule has 3 nitrogen and oxygen atoms in total. The van der Waals surface area contributed by atoms with Crippen LogP contribution in [-0.4, -0.2) is 23.1 Å². The maximum absolute atomic E-state index is 4.59. The summed E-state index contributed by atoms with van der Waals surface area (Å²) in [4.78, 5) is 10.1. The average Bonchev–Trinajstić information content (AvgIpc) is 2.88. The molecule has 3 heterocycles. The topological polar surface area (TPSA) is 31.9 Å². The molecule has 1 aliphatic heterocycles. The number of pyridine rings is 1. The lowest BCUT2D eigenvalue weighted by molar-refractivity contribution is 0.942. The van der Waals surface area contributed by atoms with Gasteiger partial charge in [-0.2, -0.15) is 0 Å². The zero-order valence-corrected chi connectivity index (χ0v) is 8.03. The van der Waals surface area contributed by atoms with E-state index in [-0.39, 0.29) is 0 Å². The van der Waals surface area contributed by atoms with Gasteiger partial charge in [0.1, 0.15) is 11.5 Å². The Morgan fingerprint density at radius 3 is 2.86 bits per heavy atom. The molecule has 1 fully saturated rings. The number of nitrogens with one attached hydrogen (secondary N) is 1. The lowest BCUT2D eigenvalue weighted by Gasteiger charge is -2.15. The summed E-state index contributed by atoms with van der Waals surface area (Å²) in [5.41, 5.74) is 0.995. The summed E-state index contributed by atoms with van der Waals surface area (Å²) in [5, 5.41) is 1.19. The minimum atomic E-state index is 0.995. The molecule has 0 aliphatic carbocycles. The summed E-state index contributed by atoms with van der Waals surface area (Å²) in [6.07, 6.45) is 4.53. The number of fused-ring (bicyclic) bond motifs is 1. The summed E-state index contributed by atoms with van der Waals surface area (Å²) >= 11 is 0. The van der Waals surface area contributed by atoms with Crippen LogP contribution in [0.4, 0.5) is 5.82 Å². The van der Waals surface area contributed by atoms with Crippen LogP contribution in [0.5, 0.6) is 0 Å². The number of aromatic amines is 1. The summed E-state index contributed by atoms with van der Waals surface area (Å²) < 4.78 is 0. The van der Waals surface area contributed by atoms with Gasteiger partial charge in [-0.3, -0.25) is 0 Å². The second kappa shape index (κ2) is 3.01. The third-order valence-electron chi connectivity index (χ3n) is 2.82. The van der Waals surface area contributed by atoms with Gasteiger partial charge < -0.3 is 9.88 Å². The van der Waals surface area contributed by atoms with Gasteiger partial charge in [-0.05, 0) is 31.0 Å². The molecule has 0 spiro atoms. The Bertz CT molecular complexity index is 440. The van der Waals surface area contributed by atoms with E-state index in [2.05, 4.69) is 33.1 Å². The standard InChI is InChI=1S/C11H13N3/c1-2-8-14(7-1)10-4-3-9-5-6-12-11(9)13-10/h3-6H,1-2,7-8H2,(H,12,13). The Balaban J connectivity index is 2.04. The van der Waals surface area contributed by atoms with Crippen molar-refractivity contribution in [3.63, 3.8) is 0 Å². The summed E-state index contributed by atoms with van der Waals surface area (Å²) in [7, 11) is 0. The number of H-pyrrole nitrogens is 1. The van der Waals surface area contributed by atoms with Crippen LogP contribution < -0.4 is 4.90 Å². The predicted molar refractivity (Wildman–Crippen MR) is 57.5 cm³/mol. The number of nitrogens with zero attached hydrogens (tertiary/aromatic N) is 2. The minimum absolute atomic E-state index is 0.995. The molecular formula is C11H13N3. The van der Waals surface area contributed by atoms with E-state index >= 15 is 0 Å². The molecule has 2 aromatic heterocycles. The van der Waals surface area contributed by atoms with Crippen molar-refractivity contribution in [2.24, 2.45) is 0 Å². The van der Waals surface area contributed by atoms with E-state index in [0.717, 1.165) is 24.6 Å². The number of hydrogen-bond acceptors (Lipinski definition) is 2. The molecule has 0 saturated carbocycles. The van der Waals surface area contributed by atoms with Crippen molar-refractivity contribution in [3.05, 3.63) is 24.4 Å². The van der Waals surface area contributed by atoms with Crippen LogP contribution in [0, 0.1) is 0 Å². The Labute approximate surface area is 82.8 Å². The molecule has 2 aromatic rings. The maximum Gasteiger partial charge on any atom is 0.139 e. The van der Waals surface area contributed by atoms with Gasteiger partial charge in [-0.1, -0.05) is 0 Å². The first-order chi connectivity index (χ1) is 6.93. The van der Waals surface area contributed by atoms with Gasteiger partial charge >= 0.3 is 0 Å². The number of hydrogen-bond donors (Lipinski definition) is 1. The number of anilines is 1. The summed E-state index contributed by atoms with van der Waals surface area (Å²) in [5.74, 6) is 1.11. The first-order valence-electron chi connectivity index (χ1n) is 5.12. The Morgan fingerprint density at radius 1 is 1.14 bits per heavy atom. The van der Waals surface area contributed by atoms with Gasteiger partial charge in [0.25, 0.3) is 0 Å². The molecule has 3 rings (SSSR count). The molecule has 0 amide bonds. The third-order valence-corrected chi connectivity index (χ3v) is 2.82. The van der Waals surface area contributed by atoms with Crippen LogP contribution >= 0.6 is 0 Å². The van der Waals surface area contributed by atoms with Crippen molar-refractivity contribution < 1.29 is 0 Å². The molecule has 0 atom stereocenters. The largest absolute Gasteiger partial charge is 0.357 e. The molecule has 1 aliphatic rings. The summed E-state index contributed by atoms with van der Waals surface area (Å²) in [6, 6.07) is 6.30. The first kappa shape index (κ1) is 7.85. The normalized spacial score (nSPS) is 16.7. The lowest BCUT2D eigenvalue weighted by atomic mass is 10.3. The Kier molecular flexibility index (Phi) is 1.69. The minimum Gasteiger partial charge on any atom is -0.357 e. The van der Waals surface area contributed by atoms with Gasteiger partial charge in [0, 0.05) is 24.7 Å². The van der Waals surface area contributed by atoms with Gasteiger partial charge in [-0.15, -0.1) is 0 Å². The fourth-order valence-corrected chi connectivity index (χ4v) is 2.04. The smallest absolute Gasteiger partial charge is 0.139 e. The first-order valence-corrected chi connectivity index (χ1v) is 5.12. The van der Waals surface area contributed by atoms with E-state index in [1.54, 1.807) is 0 Å². The lowest BCUT2D eigenvalue weighted by Crippen LogP contribution is -2.18.